The number of halogens is 3. The first-order valence-corrected chi connectivity index (χ1v) is 13.5. The summed E-state index contributed by atoms with van der Waals surface area (Å²) in [6.45, 7) is 7.26. The van der Waals surface area contributed by atoms with E-state index < -0.39 is 12.1 Å². The normalized spacial score (nSPS) is 11.3. The Labute approximate surface area is 247 Å². The molecule has 0 aliphatic carbocycles. The molecule has 0 radical (unpaired) electrons. The summed E-state index contributed by atoms with van der Waals surface area (Å²) in [6, 6.07) is 12.4. The summed E-state index contributed by atoms with van der Waals surface area (Å²) in [4.78, 5) is 20.7. The minimum absolute atomic E-state index is 0.391. The highest BCUT2D eigenvalue weighted by atomic mass is 19.4. The fraction of sp³-hybridized carbons (Fsp3) is 0.379. The number of nitrogens with one attached hydrogen (secondary N) is 1. The van der Waals surface area contributed by atoms with E-state index in [0.29, 0.717) is 12.6 Å². The molecule has 14 heteroatoms. The molecule has 0 amide bonds. The largest absolute Gasteiger partial charge is 0.497 e. The molecule has 0 bridgehead atoms. The Morgan fingerprint density at radius 2 is 1.74 bits per heavy atom. The molecule has 2 aromatic heterocycles. The standard InChI is InChI=1S/C27H35N7O2.C2HF3O2/c1-19(2)29-9-11-34(22-12-23(35-3)15-24(13-22)36-4)21-6-7-25-26(14-21)32-27(17-30-25)20-16-31-33(18-20)10-5-8-28;3-2(4,5)1(6)7/h6-7,12-19,29H,5,8-11,28H2,1-4H3;(H,6,7). The maximum atomic E-state index is 10.6. The topological polar surface area (TPSA) is 141 Å². The number of carbonyl (C=O) groups is 1. The summed E-state index contributed by atoms with van der Waals surface area (Å²) in [5.74, 6) is -1.28. The predicted octanol–water partition coefficient (Wildman–Crippen LogP) is 4.63. The highest BCUT2D eigenvalue weighted by Crippen LogP contribution is 2.34. The average Bonchev–Trinajstić information content (AvgIpc) is 3.46. The van der Waals surface area contributed by atoms with Crippen molar-refractivity contribution in [1.29, 1.82) is 0 Å². The molecule has 0 atom stereocenters. The van der Waals surface area contributed by atoms with Gasteiger partial charge in [0.1, 0.15) is 11.5 Å². The Morgan fingerprint density at radius 1 is 1.07 bits per heavy atom. The van der Waals surface area contributed by atoms with E-state index in [1.807, 2.05) is 41.3 Å². The molecule has 0 unspecified atom stereocenters. The van der Waals surface area contributed by atoms with Gasteiger partial charge in [0.05, 0.1) is 43.3 Å². The van der Waals surface area contributed by atoms with Gasteiger partial charge in [-0.15, -0.1) is 0 Å². The van der Waals surface area contributed by atoms with Crippen LogP contribution in [0.15, 0.2) is 55.0 Å². The molecule has 0 fully saturated rings. The van der Waals surface area contributed by atoms with Crippen LogP contribution in [0.25, 0.3) is 22.3 Å². The van der Waals surface area contributed by atoms with Crippen LogP contribution in [-0.2, 0) is 11.3 Å². The zero-order chi connectivity index (χ0) is 31.6. The van der Waals surface area contributed by atoms with E-state index in [4.69, 9.17) is 30.1 Å². The van der Waals surface area contributed by atoms with Crippen LogP contribution in [-0.4, -0.2) is 76.9 Å². The average molecular weight is 604 g/mol. The van der Waals surface area contributed by atoms with E-state index >= 15 is 0 Å². The molecule has 4 aromatic rings. The number of hydrogen-bond donors (Lipinski definition) is 3. The zero-order valence-corrected chi connectivity index (χ0v) is 24.4. The lowest BCUT2D eigenvalue weighted by molar-refractivity contribution is -0.192. The fourth-order valence-electron chi connectivity index (χ4n) is 4.00. The van der Waals surface area contributed by atoms with Crippen molar-refractivity contribution >= 4 is 28.4 Å². The first kappa shape index (κ1) is 33.1. The molecule has 0 spiro atoms. The number of aryl methyl sites for hydroxylation is 1. The summed E-state index contributed by atoms with van der Waals surface area (Å²) in [5.41, 5.74) is 11.0. The number of methoxy groups -OCH3 is 2. The molecule has 2 heterocycles. The summed E-state index contributed by atoms with van der Waals surface area (Å²) < 4.78 is 44.7. The molecule has 232 valence electrons. The van der Waals surface area contributed by atoms with Crippen molar-refractivity contribution in [3.63, 3.8) is 0 Å². The number of alkyl halides is 3. The van der Waals surface area contributed by atoms with Crippen LogP contribution in [0.2, 0.25) is 0 Å². The number of nitrogens with zero attached hydrogens (tertiary/aromatic N) is 5. The first-order valence-electron chi connectivity index (χ1n) is 13.5. The number of ether oxygens (including phenoxy) is 2. The van der Waals surface area contributed by atoms with Gasteiger partial charge in [-0.1, -0.05) is 13.8 Å². The third-order valence-electron chi connectivity index (χ3n) is 6.14. The summed E-state index contributed by atoms with van der Waals surface area (Å²) in [6.07, 6.45) is 1.40. The number of aromatic nitrogens is 4. The van der Waals surface area contributed by atoms with E-state index in [2.05, 4.69) is 46.3 Å². The Kier molecular flexibility index (Phi) is 11.7. The van der Waals surface area contributed by atoms with Crippen LogP contribution in [0, 0.1) is 0 Å². The monoisotopic (exact) mass is 603 g/mol. The second-order valence-corrected chi connectivity index (χ2v) is 9.70. The number of hydrogen-bond acceptors (Lipinski definition) is 9. The van der Waals surface area contributed by atoms with Crippen molar-refractivity contribution in [3.8, 4) is 22.8 Å². The number of fused-ring (bicyclic) bond motifs is 1. The molecule has 0 aliphatic heterocycles. The van der Waals surface area contributed by atoms with Crippen molar-refractivity contribution in [3.05, 3.63) is 55.0 Å². The van der Waals surface area contributed by atoms with Gasteiger partial charge in [0.25, 0.3) is 0 Å². The molecular weight excluding hydrogens is 567 g/mol. The Balaban J connectivity index is 0.000000646. The first-order chi connectivity index (χ1) is 20.4. The molecule has 11 nitrogen and oxygen atoms in total. The van der Waals surface area contributed by atoms with Crippen molar-refractivity contribution in [2.75, 3.05) is 38.8 Å². The highest BCUT2D eigenvalue weighted by Gasteiger charge is 2.38. The number of benzene rings is 2. The van der Waals surface area contributed by atoms with Gasteiger partial charge in [0, 0.05) is 67.0 Å². The van der Waals surface area contributed by atoms with E-state index in [9.17, 15) is 13.2 Å². The van der Waals surface area contributed by atoms with Crippen LogP contribution in [0.3, 0.4) is 0 Å². The summed E-state index contributed by atoms with van der Waals surface area (Å²) in [7, 11) is 3.32. The second kappa shape index (κ2) is 15.2. The number of carboxylic acids is 1. The lowest BCUT2D eigenvalue weighted by Gasteiger charge is -2.27. The number of aliphatic carboxylic acids is 1. The van der Waals surface area contributed by atoms with Gasteiger partial charge in [-0.25, -0.2) is 9.78 Å². The van der Waals surface area contributed by atoms with E-state index in [1.165, 1.54) is 0 Å². The molecule has 4 N–H and O–H groups in total. The molecule has 0 aliphatic rings. The minimum Gasteiger partial charge on any atom is -0.497 e. The maximum Gasteiger partial charge on any atom is 0.490 e. The quantitative estimate of drug-likeness (QED) is 0.210. The number of carboxylic acid groups (broad SMARTS) is 1. The molecule has 4 rings (SSSR count). The Hall–Kier alpha value is -4.43. The SMILES string of the molecule is COc1cc(OC)cc(N(CCNC(C)C)c2ccc3ncc(-c4cnn(CCCN)c4)nc3c2)c1.O=C(O)C(F)(F)F. The van der Waals surface area contributed by atoms with E-state index in [1.54, 1.807) is 20.4 Å². The lowest BCUT2D eigenvalue weighted by atomic mass is 10.2. The van der Waals surface area contributed by atoms with Crippen LogP contribution in [0.5, 0.6) is 11.5 Å². The lowest BCUT2D eigenvalue weighted by Crippen LogP contribution is -2.32. The second-order valence-electron chi connectivity index (χ2n) is 9.70. The predicted molar refractivity (Wildman–Crippen MR) is 158 cm³/mol. The molecular formula is C29H36F3N7O4. The van der Waals surface area contributed by atoms with Gasteiger partial charge < -0.3 is 30.5 Å². The summed E-state index contributed by atoms with van der Waals surface area (Å²) >= 11 is 0. The third-order valence-corrected chi connectivity index (χ3v) is 6.14. The van der Waals surface area contributed by atoms with Crippen LogP contribution < -0.4 is 25.4 Å². The van der Waals surface area contributed by atoms with Crippen LogP contribution in [0.4, 0.5) is 24.5 Å². The number of rotatable bonds is 12. The van der Waals surface area contributed by atoms with Gasteiger partial charge in [-0.2, -0.15) is 18.3 Å². The summed E-state index contributed by atoms with van der Waals surface area (Å²) in [5, 5.41) is 15.1. The van der Waals surface area contributed by atoms with Crippen molar-refractivity contribution in [2.24, 2.45) is 5.73 Å². The number of nitrogens with two attached hydrogens (primary N) is 1. The van der Waals surface area contributed by atoms with Crippen molar-refractivity contribution in [2.45, 2.75) is 39.0 Å². The Morgan fingerprint density at radius 3 is 2.33 bits per heavy atom. The van der Waals surface area contributed by atoms with Gasteiger partial charge >= 0.3 is 12.1 Å². The molecule has 0 saturated heterocycles. The molecule has 2 aromatic carbocycles. The van der Waals surface area contributed by atoms with Gasteiger partial charge in [0.2, 0.25) is 0 Å². The van der Waals surface area contributed by atoms with E-state index in [0.717, 1.165) is 71.2 Å². The van der Waals surface area contributed by atoms with Crippen molar-refractivity contribution < 1.29 is 32.5 Å². The highest BCUT2D eigenvalue weighted by molar-refractivity contribution is 5.82. The van der Waals surface area contributed by atoms with Gasteiger partial charge in [-0.05, 0) is 31.2 Å². The van der Waals surface area contributed by atoms with Crippen LogP contribution >= 0.6 is 0 Å². The van der Waals surface area contributed by atoms with E-state index in [-0.39, 0.29) is 0 Å². The maximum absolute atomic E-state index is 10.6. The fourth-order valence-corrected chi connectivity index (χ4v) is 4.00. The molecule has 0 saturated carbocycles. The van der Waals surface area contributed by atoms with Crippen molar-refractivity contribution in [1.82, 2.24) is 25.1 Å². The molecule has 43 heavy (non-hydrogen) atoms. The minimum atomic E-state index is -5.08. The Bertz CT molecular complexity index is 1470. The zero-order valence-electron chi connectivity index (χ0n) is 24.4. The van der Waals surface area contributed by atoms with Gasteiger partial charge in [-0.3, -0.25) is 9.67 Å². The van der Waals surface area contributed by atoms with Crippen LogP contribution in [0.1, 0.15) is 20.3 Å². The third kappa shape index (κ3) is 9.54. The van der Waals surface area contributed by atoms with Gasteiger partial charge in [0.15, 0.2) is 0 Å². The number of anilines is 2. The smallest absolute Gasteiger partial charge is 0.490 e.